The molecule has 34 heavy (non-hydrogen) atoms. The van der Waals surface area contributed by atoms with Gasteiger partial charge in [0, 0.05) is 43.2 Å². The van der Waals surface area contributed by atoms with Crippen molar-refractivity contribution in [1.82, 2.24) is 39.9 Å². The Morgan fingerprint density at radius 3 is 2.82 bits per heavy atom. The minimum Gasteiger partial charge on any atom is -0.508 e. The Balaban J connectivity index is 1.61. The number of aryl methyl sites for hydroxylation is 3. The number of carbonyl (C=O) groups excluding carboxylic acids is 1. The highest BCUT2D eigenvalue weighted by molar-refractivity contribution is 5.84. The standard InChI is InChI=1S/C24H30N8O2/c1-17(25-2)4-5-19-21(33)7-6-20-24(19)30-22(9-13-31-12-3-10-29-31)32(20)15-23(34)27-14-18-8-11-26-16-28-18/h3,6-8,10-12,16-17,25,33H,4-5,9,13-15H2,1-2H3,(H,27,34). The van der Waals surface area contributed by atoms with E-state index in [1.54, 1.807) is 24.5 Å². The highest BCUT2D eigenvalue weighted by atomic mass is 16.3. The topological polar surface area (TPSA) is 123 Å². The number of hydrogen-bond acceptors (Lipinski definition) is 7. The zero-order valence-corrected chi connectivity index (χ0v) is 19.5. The van der Waals surface area contributed by atoms with E-state index in [9.17, 15) is 9.90 Å². The lowest BCUT2D eigenvalue weighted by Gasteiger charge is -2.12. The van der Waals surface area contributed by atoms with Gasteiger partial charge in [-0.25, -0.2) is 15.0 Å². The van der Waals surface area contributed by atoms with Gasteiger partial charge < -0.3 is 20.3 Å². The van der Waals surface area contributed by atoms with Crippen LogP contribution < -0.4 is 10.6 Å². The number of phenols is 1. The van der Waals surface area contributed by atoms with Crippen LogP contribution in [0.25, 0.3) is 11.0 Å². The van der Waals surface area contributed by atoms with Gasteiger partial charge in [-0.15, -0.1) is 0 Å². The number of carbonyl (C=O) groups is 1. The molecule has 4 rings (SSSR count). The average Bonchev–Trinajstić information content (AvgIpc) is 3.49. The molecule has 10 nitrogen and oxygen atoms in total. The van der Waals surface area contributed by atoms with Crippen LogP contribution in [0.4, 0.5) is 0 Å². The Hall–Kier alpha value is -3.79. The molecule has 4 aromatic rings. The van der Waals surface area contributed by atoms with Crippen molar-refractivity contribution in [2.45, 2.75) is 51.9 Å². The Bertz CT molecular complexity index is 1220. The number of rotatable bonds is 11. The molecule has 10 heteroatoms. The molecule has 0 radical (unpaired) electrons. The third-order valence-electron chi connectivity index (χ3n) is 5.94. The monoisotopic (exact) mass is 462 g/mol. The number of nitrogens with zero attached hydrogens (tertiary/aromatic N) is 6. The summed E-state index contributed by atoms with van der Waals surface area (Å²) in [6, 6.07) is 7.48. The van der Waals surface area contributed by atoms with Crippen molar-refractivity contribution in [3.63, 3.8) is 0 Å². The maximum Gasteiger partial charge on any atom is 0.240 e. The van der Waals surface area contributed by atoms with Crippen molar-refractivity contribution in [2.24, 2.45) is 0 Å². The molecular weight excluding hydrogens is 432 g/mol. The van der Waals surface area contributed by atoms with Crippen LogP contribution in [0, 0.1) is 0 Å². The maximum absolute atomic E-state index is 12.8. The molecule has 1 unspecified atom stereocenters. The molecule has 1 atom stereocenters. The number of imidazole rings is 1. The minimum atomic E-state index is -0.142. The predicted octanol–water partition coefficient (Wildman–Crippen LogP) is 1.83. The van der Waals surface area contributed by atoms with Gasteiger partial charge in [0.2, 0.25) is 5.91 Å². The summed E-state index contributed by atoms with van der Waals surface area (Å²) in [5.41, 5.74) is 3.11. The Kier molecular flexibility index (Phi) is 7.48. The van der Waals surface area contributed by atoms with Gasteiger partial charge >= 0.3 is 0 Å². The number of phenolic OH excluding ortho intramolecular Hbond substituents is 1. The SMILES string of the molecule is CNC(C)CCc1c(O)ccc2c1nc(CCn1cccn1)n2CC(=O)NCc1ccncn1. The van der Waals surface area contributed by atoms with Gasteiger partial charge in [-0.3, -0.25) is 9.48 Å². The summed E-state index contributed by atoms with van der Waals surface area (Å²) in [6.07, 6.45) is 8.89. The molecule has 0 aliphatic carbocycles. The van der Waals surface area contributed by atoms with E-state index in [1.165, 1.54) is 6.33 Å². The van der Waals surface area contributed by atoms with Crippen LogP contribution in [0.15, 0.2) is 49.2 Å². The molecule has 0 spiro atoms. The maximum atomic E-state index is 12.8. The number of nitrogens with one attached hydrogen (secondary N) is 2. The summed E-state index contributed by atoms with van der Waals surface area (Å²) < 4.78 is 3.77. The molecule has 0 aliphatic rings. The normalized spacial score (nSPS) is 12.2. The van der Waals surface area contributed by atoms with Crippen molar-refractivity contribution in [3.05, 3.63) is 66.3 Å². The fourth-order valence-electron chi connectivity index (χ4n) is 3.86. The molecule has 1 aromatic carbocycles. The van der Waals surface area contributed by atoms with Gasteiger partial charge in [0.1, 0.15) is 24.4 Å². The molecule has 0 saturated heterocycles. The first-order valence-corrected chi connectivity index (χ1v) is 11.4. The lowest BCUT2D eigenvalue weighted by molar-refractivity contribution is -0.121. The summed E-state index contributed by atoms with van der Waals surface area (Å²) in [5, 5.41) is 21.0. The second-order valence-electron chi connectivity index (χ2n) is 8.27. The van der Waals surface area contributed by atoms with Crippen LogP contribution in [-0.2, 0) is 37.3 Å². The first kappa shape index (κ1) is 23.4. The molecule has 3 N–H and O–H groups in total. The zero-order chi connectivity index (χ0) is 23.9. The molecule has 3 aromatic heterocycles. The van der Waals surface area contributed by atoms with E-state index in [0.29, 0.717) is 32.0 Å². The number of aromatic hydroxyl groups is 1. The van der Waals surface area contributed by atoms with E-state index in [1.807, 2.05) is 34.6 Å². The van der Waals surface area contributed by atoms with Gasteiger partial charge in [-0.1, -0.05) is 0 Å². The number of benzene rings is 1. The molecule has 0 bridgehead atoms. The van der Waals surface area contributed by atoms with Crippen LogP contribution in [0.3, 0.4) is 0 Å². The zero-order valence-electron chi connectivity index (χ0n) is 19.5. The highest BCUT2D eigenvalue weighted by Gasteiger charge is 2.19. The van der Waals surface area contributed by atoms with Crippen molar-refractivity contribution >= 4 is 16.9 Å². The van der Waals surface area contributed by atoms with Gasteiger partial charge in [-0.2, -0.15) is 5.10 Å². The minimum absolute atomic E-state index is 0.118. The number of aromatic nitrogens is 6. The second-order valence-corrected chi connectivity index (χ2v) is 8.27. The van der Waals surface area contributed by atoms with Crippen LogP contribution in [0.1, 0.15) is 30.4 Å². The third-order valence-corrected chi connectivity index (χ3v) is 5.94. The number of amides is 1. The van der Waals surface area contributed by atoms with E-state index >= 15 is 0 Å². The average molecular weight is 463 g/mol. The summed E-state index contributed by atoms with van der Waals surface area (Å²) in [7, 11) is 1.92. The smallest absolute Gasteiger partial charge is 0.240 e. The molecule has 3 heterocycles. The summed E-state index contributed by atoms with van der Waals surface area (Å²) >= 11 is 0. The van der Waals surface area contributed by atoms with E-state index in [-0.39, 0.29) is 18.2 Å². The Morgan fingerprint density at radius 2 is 2.09 bits per heavy atom. The van der Waals surface area contributed by atoms with Crippen LogP contribution >= 0.6 is 0 Å². The van der Waals surface area contributed by atoms with Crippen molar-refractivity contribution in [1.29, 1.82) is 0 Å². The predicted molar refractivity (Wildman–Crippen MR) is 128 cm³/mol. The lowest BCUT2D eigenvalue weighted by atomic mass is 10.0. The van der Waals surface area contributed by atoms with E-state index in [0.717, 1.165) is 34.5 Å². The molecular formula is C24H30N8O2. The Labute approximate surface area is 198 Å². The van der Waals surface area contributed by atoms with Gasteiger partial charge in [0.05, 0.1) is 23.3 Å². The van der Waals surface area contributed by atoms with E-state index < -0.39 is 0 Å². The fourth-order valence-corrected chi connectivity index (χ4v) is 3.86. The molecule has 0 aliphatic heterocycles. The van der Waals surface area contributed by atoms with Gasteiger partial charge in [-0.05, 0) is 51.1 Å². The number of hydrogen-bond donors (Lipinski definition) is 3. The van der Waals surface area contributed by atoms with Crippen LogP contribution in [0.5, 0.6) is 5.75 Å². The van der Waals surface area contributed by atoms with E-state index in [4.69, 9.17) is 4.98 Å². The highest BCUT2D eigenvalue weighted by Crippen LogP contribution is 2.29. The van der Waals surface area contributed by atoms with Crippen LogP contribution in [-0.4, -0.2) is 53.4 Å². The van der Waals surface area contributed by atoms with Crippen LogP contribution in [0.2, 0.25) is 0 Å². The summed E-state index contributed by atoms with van der Waals surface area (Å²) in [5.74, 6) is 0.861. The number of fused-ring (bicyclic) bond motifs is 1. The van der Waals surface area contributed by atoms with Crippen molar-refractivity contribution in [2.75, 3.05) is 7.05 Å². The van der Waals surface area contributed by atoms with E-state index in [2.05, 4.69) is 32.6 Å². The molecule has 0 saturated carbocycles. The Morgan fingerprint density at radius 1 is 1.21 bits per heavy atom. The van der Waals surface area contributed by atoms with Gasteiger partial charge in [0.15, 0.2) is 0 Å². The molecule has 178 valence electrons. The quantitative estimate of drug-likeness (QED) is 0.311. The summed E-state index contributed by atoms with van der Waals surface area (Å²) in [4.78, 5) is 25.8. The third kappa shape index (κ3) is 5.57. The van der Waals surface area contributed by atoms with Crippen molar-refractivity contribution in [3.8, 4) is 5.75 Å². The fraction of sp³-hybridized carbons (Fsp3) is 0.375. The first-order valence-electron chi connectivity index (χ1n) is 11.4. The largest absolute Gasteiger partial charge is 0.508 e. The first-order chi connectivity index (χ1) is 16.5. The molecule has 0 fully saturated rings. The molecule has 1 amide bonds. The summed E-state index contributed by atoms with van der Waals surface area (Å²) in [6.45, 7) is 3.18. The lowest BCUT2D eigenvalue weighted by Crippen LogP contribution is -2.28. The van der Waals surface area contributed by atoms with Crippen molar-refractivity contribution < 1.29 is 9.90 Å². The van der Waals surface area contributed by atoms with Gasteiger partial charge in [0.25, 0.3) is 0 Å². The second kappa shape index (κ2) is 10.9.